The number of rotatable bonds is 5. The summed E-state index contributed by atoms with van der Waals surface area (Å²) in [7, 11) is 0. The number of hydrogen-bond donors (Lipinski definition) is 1. The maximum atomic E-state index is 13.5. The van der Waals surface area contributed by atoms with E-state index in [0.717, 1.165) is 19.0 Å². The van der Waals surface area contributed by atoms with Crippen LogP contribution in [0.15, 0.2) is 18.2 Å². The molecule has 104 valence electrons. The van der Waals surface area contributed by atoms with Gasteiger partial charge in [-0.25, -0.2) is 4.39 Å². The van der Waals surface area contributed by atoms with E-state index in [1.165, 1.54) is 49.7 Å². The summed E-state index contributed by atoms with van der Waals surface area (Å²) in [6.45, 7) is 3.22. The number of nitrogens with one attached hydrogen (secondary N) is 1. The Labute approximate surface area is 115 Å². The van der Waals surface area contributed by atoms with Gasteiger partial charge in [-0.2, -0.15) is 0 Å². The van der Waals surface area contributed by atoms with Crippen molar-refractivity contribution in [3.05, 3.63) is 35.1 Å². The lowest BCUT2D eigenvalue weighted by Gasteiger charge is -2.30. The van der Waals surface area contributed by atoms with E-state index in [1.54, 1.807) is 12.1 Å². The number of aryl methyl sites for hydroxylation is 1. The number of benzene rings is 1. The Balaban J connectivity index is 1.74. The molecule has 0 spiro atoms. The molecule has 1 aromatic carbocycles. The largest absolute Gasteiger partial charge is 0.313 e. The van der Waals surface area contributed by atoms with E-state index in [1.807, 2.05) is 6.07 Å². The summed E-state index contributed by atoms with van der Waals surface area (Å²) < 4.78 is 13.5. The third-order valence-electron chi connectivity index (χ3n) is 4.88. The standard InChI is InChI=1S/C17H24FN/c1-13-4-5-15(18)10-14(13)11-17(8-2-3-9-17)12-19-16-6-7-16/h4-5,10,16,19H,2-3,6-9,11-12H2,1H3. The van der Waals surface area contributed by atoms with E-state index >= 15 is 0 Å². The zero-order valence-corrected chi connectivity index (χ0v) is 11.8. The molecule has 0 bridgehead atoms. The third-order valence-corrected chi connectivity index (χ3v) is 4.88. The molecule has 2 aliphatic rings. The molecule has 0 amide bonds. The molecule has 0 radical (unpaired) electrons. The second-order valence-corrected chi connectivity index (χ2v) is 6.61. The van der Waals surface area contributed by atoms with Gasteiger partial charge in [-0.3, -0.25) is 0 Å². The van der Waals surface area contributed by atoms with Crippen molar-refractivity contribution in [3.63, 3.8) is 0 Å². The van der Waals surface area contributed by atoms with Crippen LogP contribution in [0.3, 0.4) is 0 Å². The lowest BCUT2D eigenvalue weighted by molar-refractivity contribution is 0.276. The fourth-order valence-electron chi connectivity index (χ4n) is 3.42. The van der Waals surface area contributed by atoms with Gasteiger partial charge in [-0.05, 0) is 67.7 Å². The van der Waals surface area contributed by atoms with Gasteiger partial charge in [0.05, 0.1) is 0 Å². The van der Waals surface area contributed by atoms with Crippen molar-refractivity contribution in [2.45, 2.75) is 57.9 Å². The normalized spacial score (nSPS) is 21.8. The molecule has 1 N–H and O–H groups in total. The molecule has 1 aromatic rings. The van der Waals surface area contributed by atoms with Gasteiger partial charge in [0.25, 0.3) is 0 Å². The van der Waals surface area contributed by atoms with Crippen LogP contribution in [0.25, 0.3) is 0 Å². The summed E-state index contributed by atoms with van der Waals surface area (Å²) >= 11 is 0. The zero-order valence-electron chi connectivity index (χ0n) is 11.8. The Morgan fingerprint density at radius 2 is 2.00 bits per heavy atom. The summed E-state index contributed by atoms with van der Waals surface area (Å²) in [6.07, 6.45) is 8.98. The topological polar surface area (TPSA) is 12.0 Å². The SMILES string of the molecule is Cc1ccc(F)cc1CC1(CNC2CC2)CCCC1. The molecule has 0 unspecified atom stereocenters. The molecule has 0 heterocycles. The van der Waals surface area contributed by atoms with E-state index in [0.29, 0.717) is 5.41 Å². The first kappa shape index (κ1) is 13.1. The van der Waals surface area contributed by atoms with Crippen molar-refractivity contribution >= 4 is 0 Å². The minimum atomic E-state index is -0.0936. The molecule has 2 aliphatic carbocycles. The fraction of sp³-hybridized carbons (Fsp3) is 0.647. The van der Waals surface area contributed by atoms with E-state index in [2.05, 4.69) is 12.2 Å². The highest BCUT2D eigenvalue weighted by Gasteiger charge is 2.35. The minimum Gasteiger partial charge on any atom is -0.313 e. The minimum absolute atomic E-state index is 0.0936. The highest BCUT2D eigenvalue weighted by molar-refractivity contribution is 5.28. The van der Waals surface area contributed by atoms with E-state index in [9.17, 15) is 4.39 Å². The van der Waals surface area contributed by atoms with Crippen LogP contribution in [0.2, 0.25) is 0 Å². The monoisotopic (exact) mass is 261 g/mol. The summed E-state index contributed by atoms with van der Waals surface area (Å²) in [6, 6.07) is 6.00. The van der Waals surface area contributed by atoms with Crippen molar-refractivity contribution in [3.8, 4) is 0 Å². The Morgan fingerprint density at radius 3 is 2.68 bits per heavy atom. The Bertz CT molecular complexity index is 445. The molecular formula is C17H24FN. The first-order valence-electron chi connectivity index (χ1n) is 7.65. The molecular weight excluding hydrogens is 237 g/mol. The van der Waals surface area contributed by atoms with Crippen LogP contribution in [-0.2, 0) is 6.42 Å². The summed E-state index contributed by atoms with van der Waals surface area (Å²) in [5.74, 6) is -0.0936. The highest BCUT2D eigenvalue weighted by atomic mass is 19.1. The second-order valence-electron chi connectivity index (χ2n) is 6.61. The van der Waals surface area contributed by atoms with E-state index in [-0.39, 0.29) is 5.82 Å². The first-order valence-corrected chi connectivity index (χ1v) is 7.65. The summed E-state index contributed by atoms with van der Waals surface area (Å²) in [4.78, 5) is 0. The molecule has 19 heavy (non-hydrogen) atoms. The Kier molecular flexibility index (Phi) is 3.62. The van der Waals surface area contributed by atoms with Crippen LogP contribution in [0, 0.1) is 18.2 Å². The van der Waals surface area contributed by atoms with Crippen LogP contribution in [0.1, 0.15) is 49.7 Å². The fourth-order valence-corrected chi connectivity index (χ4v) is 3.42. The molecule has 1 nitrogen and oxygen atoms in total. The van der Waals surface area contributed by atoms with E-state index in [4.69, 9.17) is 0 Å². The van der Waals surface area contributed by atoms with Crippen molar-refractivity contribution in [2.75, 3.05) is 6.54 Å². The zero-order chi connectivity index (χ0) is 13.3. The Hall–Kier alpha value is -0.890. The van der Waals surface area contributed by atoms with Crippen LogP contribution >= 0.6 is 0 Å². The van der Waals surface area contributed by atoms with Gasteiger partial charge >= 0.3 is 0 Å². The average molecular weight is 261 g/mol. The lowest BCUT2D eigenvalue weighted by atomic mass is 9.79. The molecule has 2 heteroatoms. The summed E-state index contributed by atoms with van der Waals surface area (Å²) in [5, 5.41) is 3.70. The molecule has 2 fully saturated rings. The molecule has 0 atom stereocenters. The van der Waals surface area contributed by atoms with E-state index < -0.39 is 0 Å². The van der Waals surface area contributed by atoms with Crippen molar-refractivity contribution < 1.29 is 4.39 Å². The van der Waals surface area contributed by atoms with Crippen LogP contribution in [0.4, 0.5) is 4.39 Å². The van der Waals surface area contributed by atoms with Crippen molar-refractivity contribution in [1.82, 2.24) is 5.32 Å². The van der Waals surface area contributed by atoms with Crippen molar-refractivity contribution in [1.29, 1.82) is 0 Å². The van der Waals surface area contributed by atoms with Gasteiger partial charge in [0.1, 0.15) is 5.82 Å². The van der Waals surface area contributed by atoms with Gasteiger partial charge in [0, 0.05) is 12.6 Å². The van der Waals surface area contributed by atoms with Crippen molar-refractivity contribution in [2.24, 2.45) is 5.41 Å². The van der Waals surface area contributed by atoms with Crippen LogP contribution < -0.4 is 5.32 Å². The number of hydrogen-bond acceptors (Lipinski definition) is 1. The Morgan fingerprint density at radius 1 is 1.26 bits per heavy atom. The number of halogens is 1. The van der Waals surface area contributed by atoms with Gasteiger partial charge < -0.3 is 5.32 Å². The predicted octanol–water partition coefficient (Wildman–Crippen LogP) is 3.99. The van der Waals surface area contributed by atoms with Gasteiger partial charge in [-0.15, -0.1) is 0 Å². The van der Waals surface area contributed by atoms with Crippen LogP contribution in [-0.4, -0.2) is 12.6 Å². The maximum Gasteiger partial charge on any atom is 0.123 e. The smallest absolute Gasteiger partial charge is 0.123 e. The predicted molar refractivity (Wildman–Crippen MR) is 76.8 cm³/mol. The first-order chi connectivity index (χ1) is 9.17. The van der Waals surface area contributed by atoms with Gasteiger partial charge in [0.15, 0.2) is 0 Å². The molecule has 2 saturated carbocycles. The third kappa shape index (κ3) is 3.17. The average Bonchev–Trinajstić information content (AvgIpc) is 3.12. The molecule has 0 saturated heterocycles. The molecule has 3 rings (SSSR count). The molecule has 0 aliphatic heterocycles. The molecule has 0 aromatic heterocycles. The highest BCUT2D eigenvalue weighted by Crippen LogP contribution is 2.41. The van der Waals surface area contributed by atoms with Gasteiger partial charge in [0.2, 0.25) is 0 Å². The van der Waals surface area contributed by atoms with Crippen LogP contribution in [0.5, 0.6) is 0 Å². The van der Waals surface area contributed by atoms with Gasteiger partial charge in [-0.1, -0.05) is 18.9 Å². The lowest BCUT2D eigenvalue weighted by Crippen LogP contribution is -2.35. The second kappa shape index (κ2) is 5.24. The maximum absolute atomic E-state index is 13.5. The quantitative estimate of drug-likeness (QED) is 0.845. The summed E-state index contributed by atoms with van der Waals surface area (Å²) in [5.41, 5.74) is 2.82.